The number of nitrogens with zero attached hydrogens (tertiary/aromatic N) is 1. The second-order valence-electron chi connectivity index (χ2n) is 4.45. The SMILES string of the molecule is CC(=O)CC(=O)NCCc1ccc2c(c1)N=C[NH+]2[O-]. The first-order chi connectivity index (χ1) is 9.06. The van der Waals surface area contributed by atoms with Crippen LogP contribution >= 0.6 is 0 Å². The number of carbonyl (C=O) groups excluding carboxylic acids is 2. The van der Waals surface area contributed by atoms with Crippen LogP contribution < -0.4 is 10.4 Å². The van der Waals surface area contributed by atoms with Crippen LogP contribution in [-0.4, -0.2) is 24.6 Å². The molecule has 0 aromatic heterocycles. The molecule has 0 saturated carbocycles. The van der Waals surface area contributed by atoms with E-state index in [1.54, 1.807) is 6.07 Å². The molecule has 100 valence electrons. The maximum atomic E-state index is 11.3. The zero-order chi connectivity index (χ0) is 13.8. The molecule has 19 heavy (non-hydrogen) atoms. The summed E-state index contributed by atoms with van der Waals surface area (Å²) >= 11 is 0. The molecule has 0 radical (unpaired) electrons. The number of carbonyl (C=O) groups is 2. The van der Waals surface area contributed by atoms with E-state index in [9.17, 15) is 14.8 Å². The predicted octanol–water partition coefficient (Wildman–Crippen LogP) is 0.0120. The van der Waals surface area contributed by atoms with Crippen molar-refractivity contribution in [1.82, 2.24) is 5.32 Å². The van der Waals surface area contributed by atoms with Crippen molar-refractivity contribution in [2.75, 3.05) is 6.54 Å². The van der Waals surface area contributed by atoms with Crippen LogP contribution in [0.25, 0.3) is 0 Å². The lowest BCUT2D eigenvalue weighted by atomic mass is 10.1. The van der Waals surface area contributed by atoms with Gasteiger partial charge in [0, 0.05) is 12.6 Å². The zero-order valence-electron chi connectivity index (χ0n) is 10.6. The van der Waals surface area contributed by atoms with Crippen molar-refractivity contribution < 1.29 is 14.7 Å². The van der Waals surface area contributed by atoms with Gasteiger partial charge in [0.05, 0.1) is 6.42 Å². The Bertz CT molecular complexity index is 540. The van der Waals surface area contributed by atoms with E-state index < -0.39 is 0 Å². The lowest BCUT2D eigenvalue weighted by molar-refractivity contribution is -0.655. The van der Waals surface area contributed by atoms with Crippen LogP contribution in [0.5, 0.6) is 0 Å². The summed E-state index contributed by atoms with van der Waals surface area (Å²) in [5.41, 5.74) is 2.29. The fourth-order valence-electron chi connectivity index (χ4n) is 1.88. The molecule has 0 spiro atoms. The van der Waals surface area contributed by atoms with Crippen LogP contribution in [0.3, 0.4) is 0 Å². The zero-order valence-corrected chi connectivity index (χ0v) is 10.6. The van der Waals surface area contributed by atoms with Gasteiger partial charge in [-0.15, -0.1) is 0 Å². The Kier molecular flexibility index (Phi) is 4.03. The number of hydrogen-bond donors (Lipinski definition) is 2. The number of hydrogen-bond acceptors (Lipinski definition) is 4. The van der Waals surface area contributed by atoms with Crippen molar-refractivity contribution >= 4 is 29.4 Å². The molecule has 1 aromatic carbocycles. The van der Waals surface area contributed by atoms with Crippen LogP contribution in [0.4, 0.5) is 11.4 Å². The monoisotopic (exact) mass is 261 g/mol. The molecule has 6 nitrogen and oxygen atoms in total. The van der Waals surface area contributed by atoms with Crippen molar-refractivity contribution in [1.29, 1.82) is 0 Å². The Balaban J connectivity index is 1.86. The van der Waals surface area contributed by atoms with Crippen LogP contribution in [0.15, 0.2) is 23.2 Å². The van der Waals surface area contributed by atoms with Gasteiger partial charge in [-0.2, -0.15) is 4.99 Å². The Morgan fingerprint density at radius 2 is 2.21 bits per heavy atom. The van der Waals surface area contributed by atoms with Crippen LogP contribution in [0.2, 0.25) is 0 Å². The smallest absolute Gasteiger partial charge is 0.227 e. The first-order valence-corrected chi connectivity index (χ1v) is 6.04. The third-order valence-electron chi connectivity index (χ3n) is 2.79. The van der Waals surface area contributed by atoms with E-state index in [0.29, 0.717) is 24.3 Å². The second-order valence-corrected chi connectivity index (χ2v) is 4.45. The van der Waals surface area contributed by atoms with Gasteiger partial charge in [0.1, 0.15) is 11.5 Å². The Hall–Kier alpha value is -2.05. The van der Waals surface area contributed by atoms with Crippen LogP contribution in [0.1, 0.15) is 18.9 Å². The number of ketones is 1. The molecular weight excluding hydrogens is 246 g/mol. The number of Topliss-reactive ketones (excluding diaryl/α,β-unsaturated/α-hetero) is 1. The first-order valence-electron chi connectivity index (χ1n) is 6.04. The van der Waals surface area contributed by atoms with Gasteiger partial charge in [0.15, 0.2) is 12.0 Å². The number of fused-ring (bicyclic) bond motifs is 1. The molecule has 1 amide bonds. The molecule has 1 aliphatic rings. The van der Waals surface area contributed by atoms with Crippen molar-refractivity contribution in [2.24, 2.45) is 4.99 Å². The number of amides is 1. The summed E-state index contributed by atoms with van der Waals surface area (Å²) in [4.78, 5) is 26.0. The van der Waals surface area contributed by atoms with Gasteiger partial charge in [0.25, 0.3) is 0 Å². The molecule has 1 atom stereocenters. The van der Waals surface area contributed by atoms with Crippen molar-refractivity contribution in [3.63, 3.8) is 0 Å². The van der Waals surface area contributed by atoms with Crippen molar-refractivity contribution in [3.8, 4) is 0 Å². The summed E-state index contributed by atoms with van der Waals surface area (Å²) in [6, 6.07) is 5.44. The highest BCUT2D eigenvalue weighted by molar-refractivity contribution is 5.96. The fraction of sp³-hybridized carbons (Fsp3) is 0.308. The van der Waals surface area contributed by atoms with Gasteiger partial charge in [-0.3, -0.25) is 14.7 Å². The molecule has 0 aliphatic carbocycles. The Morgan fingerprint density at radius 1 is 1.42 bits per heavy atom. The lowest BCUT2D eigenvalue weighted by Crippen LogP contribution is -2.99. The number of hydroxylamine groups is 1. The molecule has 6 heteroatoms. The van der Waals surface area contributed by atoms with Gasteiger partial charge in [0.2, 0.25) is 5.91 Å². The average molecular weight is 261 g/mol. The topological polar surface area (TPSA) is 86.0 Å². The first kappa shape index (κ1) is 13.4. The minimum atomic E-state index is -0.262. The maximum absolute atomic E-state index is 11.3. The van der Waals surface area contributed by atoms with Crippen molar-refractivity contribution in [2.45, 2.75) is 19.8 Å². The lowest BCUT2D eigenvalue weighted by Gasteiger charge is -2.11. The molecular formula is C13H15N3O3. The normalized spacial score (nSPS) is 16.2. The van der Waals surface area contributed by atoms with Gasteiger partial charge < -0.3 is 10.5 Å². The molecule has 0 fully saturated rings. The third-order valence-corrected chi connectivity index (χ3v) is 2.79. The highest BCUT2D eigenvalue weighted by Crippen LogP contribution is 2.25. The van der Waals surface area contributed by atoms with E-state index in [4.69, 9.17) is 0 Å². The van der Waals surface area contributed by atoms with Gasteiger partial charge >= 0.3 is 0 Å². The van der Waals surface area contributed by atoms with E-state index in [-0.39, 0.29) is 23.2 Å². The van der Waals surface area contributed by atoms with E-state index in [0.717, 1.165) is 5.56 Å². The highest BCUT2D eigenvalue weighted by atomic mass is 16.5. The molecule has 0 saturated heterocycles. The standard InChI is InChI=1S/C13H15N3O3/c1-9(17)6-13(18)14-5-4-10-2-3-12-11(7-10)15-8-16(12)19/h2-3,7-8,16H,4-6H2,1H3,(H,14,18). The molecule has 2 N–H and O–H groups in total. The van der Waals surface area contributed by atoms with E-state index in [2.05, 4.69) is 10.3 Å². The Labute approximate surface area is 110 Å². The number of quaternary nitrogens is 1. The average Bonchev–Trinajstić information content (AvgIpc) is 2.70. The third kappa shape index (κ3) is 3.46. The largest absolute Gasteiger partial charge is 0.623 e. The molecule has 1 aliphatic heterocycles. The fourth-order valence-corrected chi connectivity index (χ4v) is 1.88. The summed E-state index contributed by atoms with van der Waals surface area (Å²) in [5.74, 6) is -0.412. The summed E-state index contributed by atoms with van der Waals surface area (Å²) in [7, 11) is 0. The van der Waals surface area contributed by atoms with E-state index in [1.807, 2.05) is 12.1 Å². The van der Waals surface area contributed by atoms with Crippen LogP contribution in [0, 0.1) is 5.21 Å². The van der Waals surface area contributed by atoms with Gasteiger partial charge in [-0.25, -0.2) is 0 Å². The van der Waals surface area contributed by atoms with Crippen molar-refractivity contribution in [3.05, 3.63) is 29.0 Å². The number of aliphatic imine (C=N–C) groups is 1. The summed E-state index contributed by atoms with van der Waals surface area (Å²) < 4.78 is 0. The highest BCUT2D eigenvalue weighted by Gasteiger charge is 2.14. The summed E-state index contributed by atoms with van der Waals surface area (Å²) in [6.45, 7) is 1.84. The predicted molar refractivity (Wildman–Crippen MR) is 70.6 cm³/mol. The number of rotatable bonds is 5. The molecule has 1 aromatic rings. The van der Waals surface area contributed by atoms with Gasteiger partial charge in [-0.1, -0.05) is 6.07 Å². The molecule has 1 heterocycles. The quantitative estimate of drug-likeness (QED) is 0.578. The second kappa shape index (κ2) is 5.73. The van der Waals surface area contributed by atoms with E-state index in [1.165, 1.54) is 13.3 Å². The van der Waals surface area contributed by atoms with E-state index >= 15 is 0 Å². The summed E-state index contributed by atoms with van der Waals surface area (Å²) in [5, 5.41) is 13.9. The Morgan fingerprint density at radius 3 is 2.95 bits per heavy atom. The molecule has 1 unspecified atom stereocenters. The molecule has 0 bridgehead atoms. The molecule has 2 rings (SSSR count). The number of nitrogens with one attached hydrogen (secondary N) is 2. The number of benzene rings is 1. The minimum Gasteiger partial charge on any atom is -0.623 e. The maximum Gasteiger partial charge on any atom is 0.227 e. The summed E-state index contributed by atoms with van der Waals surface area (Å²) in [6.07, 6.45) is 1.87. The van der Waals surface area contributed by atoms with Crippen LogP contribution in [-0.2, 0) is 16.0 Å². The minimum absolute atomic E-state index is 0.0729. The van der Waals surface area contributed by atoms with Gasteiger partial charge in [-0.05, 0) is 25.0 Å².